The van der Waals surface area contributed by atoms with Gasteiger partial charge in [0.2, 0.25) is 5.91 Å². The molecule has 0 saturated carbocycles. The number of nitrogens with zero attached hydrogens (tertiary/aromatic N) is 2. The Morgan fingerprint density at radius 1 is 1.00 bits per heavy atom. The van der Waals surface area contributed by atoms with Crippen molar-refractivity contribution < 1.29 is 49.8 Å². The van der Waals surface area contributed by atoms with Gasteiger partial charge in [-0.15, -0.1) is 0 Å². The van der Waals surface area contributed by atoms with Crippen LogP contribution >= 0.6 is 0 Å². The number of rotatable bonds is 7. The van der Waals surface area contributed by atoms with E-state index in [9.17, 15) is 36.3 Å². The SMILES string of the molecule is CCOC(=O)C[C@@H]1NC(=O)[C@@H](n2cc(CCN3CC(F)C3)c(C(F)(F)F)cc2=O)c2cc(ccc2F)Oc2ccc(F)cc2-c2cc(C)c(F)c1c2. The number of fused-ring (bicyclic) bond motifs is 6. The van der Waals surface area contributed by atoms with E-state index in [2.05, 4.69) is 5.32 Å². The molecule has 0 radical (unpaired) electrons. The number of amides is 1. The molecule has 1 aromatic heterocycles. The smallest absolute Gasteiger partial charge is 0.416 e. The second-order valence-corrected chi connectivity index (χ2v) is 12.7. The summed E-state index contributed by atoms with van der Waals surface area (Å²) in [6.45, 7) is 2.88. The molecule has 8 nitrogen and oxygen atoms in total. The Balaban J connectivity index is 1.57. The van der Waals surface area contributed by atoms with Crippen molar-refractivity contribution in [2.24, 2.45) is 0 Å². The molecule has 6 rings (SSSR count). The fraction of sp³-hybridized carbons (Fsp3) is 0.324. The van der Waals surface area contributed by atoms with Crippen molar-refractivity contribution >= 4 is 11.9 Å². The van der Waals surface area contributed by atoms with Crippen LogP contribution in [0.5, 0.6) is 11.5 Å². The summed E-state index contributed by atoms with van der Waals surface area (Å²) >= 11 is 0. The van der Waals surface area contributed by atoms with Crippen molar-refractivity contribution in [2.45, 2.75) is 51.1 Å². The molecule has 1 N–H and O–H groups in total. The first-order chi connectivity index (χ1) is 24.6. The van der Waals surface area contributed by atoms with Crippen LogP contribution in [0, 0.1) is 24.4 Å². The van der Waals surface area contributed by atoms with E-state index >= 15 is 8.78 Å². The number of esters is 1. The van der Waals surface area contributed by atoms with Gasteiger partial charge in [-0.2, -0.15) is 13.2 Å². The first-order valence-electron chi connectivity index (χ1n) is 16.3. The van der Waals surface area contributed by atoms with Gasteiger partial charge < -0.3 is 14.8 Å². The van der Waals surface area contributed by atoms with E-state index < -0.39 is 82.4 Å². The highest BCUT2D eigenvalue weighted by atomic mass is 19.4. The lowest BCUT2D eigenvalue weighted by molar-refractivity contribution is -0.144. The number of pyridine rings is 1. The van der Waals surface area contributed by atoms with Gasteiger partial charge in [0, 0.05) is 48.6 Å². The van der Waals surface area contributed by atoms with Crippen LogP contribution in [-0.2, 0) is 26.9 Å². The third-order valence-corrected chi connectivity index (χ3v) is 9.00. The second kappa shape index (κ2) is 14.4. The van der Waals surface area contributed by atoms with E-state index in [0.29, 0.717) is 10.6 Å². The van der Waals surface area contributed by atoms with Gasteiger partial charge in [-0.1, -0.05) is 0 Å². The summed E-state index contributed by atoms with van der Waals surface area (Å²) in [4.78, 5) is 42.3. The Morgan fingerprint density at radius 2 is 1.75 bits per heavy atom. The van der Waals surface area contributed by atoms with Crippen LogP contribution < -0.4 is 15.6 Å². The Morgan fingerprint density at radius 3 is 2.44 bits per heavy atom. The first-order valence-corrected chi connectivity index (χ1v) is 16.3. The number of nitrogens with one attached hydrogen (secondary N) is 1. The molecular weight excluding hydrogens is 699 g/mol. The highest BCUT2D eigenvalue weighted by Gasteiger charge is 2.38. The van der Waals surface area contributed by atoms with Gasteiger partial charge in [0.25, 0.3) is 5.56 Å². The molecule has 52 heavy (non-hydrogen) atoms. The maximum absolute atomic E-state index is 16.0. The molecule has 4 bridgehead atoms. The molecule has 1 saturated heterocycles. The third-order valence-electron chi connectivity index (χ3n) is 9.00. The molecule has 0 aliphatic carbocycles. The molecule has 3 aromatic carbocycles. The Hall–Kier alpha value is -5.18. The lowest BCUT2D eigenvalue weighted by Gasteiger charge is -2.34. The highest BCUT2D eigenvalue weighted by molar-refractivity contribution is 5.85. The largest absolute Gasteiger partial charge is 0.466 e. The van der Waals surface area contributed by atoms with Crippen LogP contribution in [0.25, 0.3) is 11.1 Å². The number of aromatic nitrogens is 1. The van der Waals surface area contributed by atoms with E-state index in [-0.39, 0.29) is 66.4 Å². The Bertz CT molecular complexity index is 2100. The number of likely N-dealkylation sites (tertiary alicyclic amines) is 1. The normalized spacial score (nSPS) is 17.8. The van der Waals surface area contributed by atoms with Crippen molar-refractivity contribution in [1.82, 2.24) is 14.8 Å². The summed E-state index contributed by atoms with van der Waals surface area (Å²) in [5.74, 6) is -4.71. The Kier molecular flexibility index (Phi) is 10.2. The predicted molar refractivity (Wildman–Crippen MR) is 174 cm³/mol. The first kappa shape index (κ1) is 36.6. The zero-order valence-electron chi connectivity index (χ0n) is 27.8. The molecule has 2 aliphatic heterocycles. The standard InChI is InChI=1S/C37H32F7N3O5/c1-3-51-33(49)15-30-27-11-21(10-19(2)34(27)41)25-12-22(38)4-7-31(25)52-24-5-6-29(40)26(13-24)35(36(50)45-30)47-16-20(8-9-46-17-23(39)18-46)28(14-32(47)48)37(42,43)44/h4-7,10-14,16,23,30,35H,3,8-9,15,17-18H2,1-2H3,(H,45,50)/t30-,35-/m0/s1. The summed E-state index contributed by atoms with van der Waals surface area (Å²) < 4.78 is 114. The number of aryl methyl sites for hydroxylation is 1. The molecule has 3 heterocycles. The number of benzene rings is 3. The monoisotopic (exact) mass is 731 g/mol. The van der Waals surface area contributed by atoms with Gasteiger partial charge in [0.15, 0.2) is 0 Å². The lowest BCUT2D eigenvalue weighted by Crippen LogP contribution is -2.49. The lowest BCUT2D eigenvalue weighted by atomic mass is 9.93. The Labute approximate surface area is 292 Å². The molecule has 4 aromatic rings. The molecule has 274 valence electrons. The molecule has 2 aliphatic rings. The van der Waals surface area contributed by atoms with Crippen molar-refractivity contribution in [3.8, 4) is 22.6 Å². The van der Waals surface area contributed by atoms with Gasteiger partial charge in [-0.3, -0.25) is 23.9 Å². The summed E-state index contributed by atoms with van der Waals surface area (Å²) in [6, 6.07) is 6.08. The van der Waals surface area contributed by atoms with Crippen molar-refractivity contribution in [3.63, 3.8) is 0 Å². The zero-order chi connectivity index (χ0) is 37.5. The minimum atomic E-state index is -4.99. The van der Waals surface area contributed by atoms with Gasteiger partial charge in [0.05, 0.1) is 24.6 Å². The second-order valence-electron chi connectivity index (χ2n) is 12.7. The summed E-state index contributed by atoms with van der Waals surface area (Å²) in [6.07, 6.45) is -6.27. The highest BCUT2D eigenvalue weighted by Crippen LogP contribution is 2.40. The van der Waals surface area contributed by atoms with E-state index in [4.69, 9.17) is 9.47 Å². The minimum absolute atomic E-state index is 0.00710. The third kappa shape index (κ3) is 7.54. The summed E-state index contributed by atoms with van der Waals surface area (Å²) in [5.41, 5.74) is -3.41. The van der Waals surface area contributed by atoms with Gasteiger partial charge in [0.1, 0.15) is 41.2 Å². The number of hydrogen-bond donors (Lipinski definition) is 1. The number of alkyl halides is 4. The number of hydrogen-bond acceptors (Lipinski definition) is 6. The zero-order valence-corrected chi connectivity index (χ0v) is 27.8. The minimum Gasteiger partial charge on any atom is -0.466 e. The van der Waals surface area contributed by atoms with Crippen molar-refractivity contribution in [3.05, 3.63) is 116 Å². The molecular formula is C37H32F7N3O5. The number of carbonyl (C=O) groups is 2. The van der Waals surface area contributed by atoms with Crippen LogP contribution in [0.1, 0.15) is 53.2 Å². The van der Waals surface area contributed by atoms with Crippen molar-refractivity contribution in [1.29, 1.82) is 0 Å². The molecule has 1 amide bonds. The summed E-state index contributed by atoms with van der Waals surface area (Å²) in [7, 11) is 0. The van der Waals surface area contributed by atoms with E-state index in [1.165, 1.54) is 38.1 Å². The molecule has 0 spiro atoms. The summed E-state index contributed by atoms with van der Waals surface area (Å²) in [5, 5.41) is 2.51. The van der Waals surface area contributed by atoms with Crippen LogP contribution in [0.4, 0.5) is 30.7 Å². The van der Waals surface area contributed by atoms with Crippen LogP contribution in [0.15, 0.2) is 65.6 Å². The number of carbonyl (C=O) groups excluding carboxylic acids is 2. The maximum atomic E-state index is 16.0. The maximum Gasteiger partial charge on any atom is 0.416 e. The fourth-order valence-corrected chi connectivity index (χ4v) is 6.46. The molecule has 0 unspecified atom stereocenters. The van der Waals surface area contributed by atoms with Crippen LogP contribution in [0.2, 0.25) is 0 Å². The van der Waals surface area contributed by atoms with Crippen molar-refractivity contribution in [2.75, 3.05) is 26.2 Å². The molecule has 2 atom stereocenters. The molecule has 15 heteroatoms. The number of ether oxygens (including phenoxy) is 2. The average Bonchev–Trinajstić information content (AvgIpc) is 3.06. The van der Waals surface area contributed by atoms with E-state index in [1.54, 1.807) is 4.90 Å². The fourth-order valence-electron chi connectivity index (χ4n) is 6.46. The van der Waals surface area contributed by atoms with E-state index in [0.717, 1.165) is 30.5 Å². The van der Waals surface area contributed by atoms with Gasteiger partial charge in [-0.25, -0.2) is 17.6 Å². The van der Waals surface area contributed by atoms with Crippen LogP contribution in [-0.4, -0.2) is 53.8 Å². The number of halogens is 7. The van der Waals surface area contributed by atoms with Gasteiger partial charge >= 0.3 is 12.1 Å². The predicted octanol–water partition coefficient (Wildman–Crippen LogP) is 6.96. The topological polar surface area (TPSA) is 89.9 Å². The molecule has 1 fully saturated rings. The van der Waals surface area contributed by atoms with E-state index in [1.807, 2.05) is 0 Å². The average molecular weight is 732 g/mol. The van der Waals surface area contributed by atoms with Crippen LogP contribution in [0.3, 0.4) is 0 Å². The van der Waals surface area contributed by atoms with Gasteiger partial charge in [-0.05, 0) is 85.5 Å². The quantitative estimate of drug-likeness (QED) is 0.163.